The van der Waals surface area contributed by atoms with Crippen LogP contribution >= 0.6 is 22.7 Å². The van der Waals surface area contributed by atoms with Crippen molar-refractivity contribution in [3.8, 4) is 0 Å². The van der Waals surface area contributed by atoms with Gasteiger partial charge in [0.05, 0.1) is 16.1 Å². The number of hydrogen-bond donors (Lipinski definition) is 2. The molecule has 0 bridgehead atoms. The Balaban J connectivity index is 1.77. The van der Waals surface area contributed by atoms with Crippen molar-refractivity contribution in [1.29, 1.82) is 0 Å². The zero-order valence-corrected chi connectivity index (χ0v) is 13.6. The van der Waals surface area contributed by atoms with Gasteiger partial charge < -0.3 is 5.73 Å². The van der Waals surface area contributed by atoms with Crippen LogP contribution in [0.4, 0.5) is 0 Å². The topological polar surface area (TPSA) is 119 Å². The van der Waals surface area contributed by atoms with Gasteiger partial charge in [-0.15, -0.1) is 22.7 Å². The number of nitrogens with one attached hydrogen (secondary N) is 1. The summed E-state index contributed by atoms with van der Waals surface area (Å²) in [5.74, 6) is -1.04. The van der Waals surface area contributed by atoms with E-state index in [4.69, 9.17) is 5.73 Å². The van der Waals surface area contributed by atoms with Crippen LogP contribution in [0.25, 0.3) is 0 Å². The SMILES string of the molecule is NC(=O)c1ccc(S(=O)(=O)NC(=O)c2cnc(C3CC3)s2)s1. The van der Waals surface area contributed by atoms with Crippen LogP contribution in [0.5, 0.6) is 0 Å². The summed E-state index contributed by atoms with van der Waals surface area (Å²) in [6.07, 6.45) is 3.49. The lowest BCUT2D eigenvalue weighted by atomic mass is 10.5. The van der Waals surface area contributed by atoms with Crippen molar-refractivity contribution in [2.75, 3.05) is 0 Å². The maximum atomic E-state index is 12.1. The van der Waals surface area contributed by atoms with Gasteiger partial charge in [-0.05, 0) is 25.0 Å². The summed E-state index contributed by atoms with van der Waals surface area (Å²) in [5, 5.41) is 0.856. The molecule has 116 valence electrons. The summed E-state index contributed by atoms with van der Waals surface area (Å²) in [7, 11) is -4.03. The molecule has 2 heterocycles. The van der Waals surface area contributed by atoms with E-state index >= 15 is 0 Å². The Labute approximate surface area is 134 Å². The number of thiophene rings is 1. The molecular weight excluding hydrogens is 346 g/mol. The number of thiazole rings is 1. The fraction of sp³-hybridized carbons (Fsp3) is 0.250. The maximum Gasteiger partial charge on any atom is 0.276 e. The smallest absolute Gasteiger partial charge is 0.276 e. The third-order valence-electron chi connectivity index (χ3n) is 2.99. The van der Waals surface area contributed by atoms with Crippen LogP contribution in [-0.4, -0.2) is 25.2 Å². The highest BCUT2D eigenvalue weighted by Crippen LogP contribution is 2.41. The lowest BCUT2D eigenvalue weighted by molar-refractivity contribution is 0.0982. The fourth-order valence-corrected chi connectivity index (χ4v) is 4.90. The van der Waals surface area contributed by atoms with E-state index in [9.17, 15) is 18.0 Å². The van der Waals surface area contributed by atoms with Gasteiger partial charge >= 0.3 is 0 Å². The molecule has 3 rings (SSSR count). The van der Waals surface area contributed by atoms with Gasteiger partial charge in [0.15, 0.2) is 0 Å². The van der Waals surface area contributed by atoms with Gasteiger partial charge in [-0.25, -0.2) is 18.1 Å². The minimum Gasteiger partial charge on any atom is -0.365 e. The molecule has 1 aliphatic carbocycles. The lowest BCUT2D eigenvalue weighted by Gasteiger charge is -2.02. The molecule has 0 atom stereocenters. The monoisotopic (exact) mass is 357 g/mol. The van der Waals surface area contributed by atoms with Crippen LogP contribution in [0, 0.1) is 0 Å². The van der Waals surface area contributed by atoms with Crippen LogP contribution in [-0.2, 0) is 10.0 Å². The Morgan fingerprint density at radius 3 is 2.55 bits per heavy atom. The Morgan fingerprint density at radius 1 is 1.23 bits per heavy atom. The normalized spacial score (nSPS) is 14.7. The van der Waals surface area contributed by atoms with E-state index in [0.29, 0.717) is 17.3 Å². The fourth-order valence-electron chi connectivity index (χ4n) is 1.73. The third-order valence-corrected chi connectivity index (χ3v) is 7.07. The Bertz CT molecular complexity index is 849. The molecule has 2 aromatic heterocycles. The number of carbonyl (C=O) groups excluding carboxylic acids is 2. The number of amides is 2. The number of primary amides is 1. The average molecular weight is 357 g/mol. The largest absolute Gasteiger partial charge is 0.365 e. The third kappa shape index (κ3) is 3.03. The van der Waals surface area contributed by atoms with Crippen molar-refractivity contribution in [3.05, 3.63) is 33.1 Å². The van der Waals surface area contributed by atoms with Crippen LogP contribution in [0.1, 0.15) is 43.1 Å². The molecule has 0 spiro atoms. The van der Waals surface area contributed by atoms with Crippen molar-refractivity contribution in [2.45, 2.75) is 23.0 Å². The molecule has 0 aromatic carbocycles. The van der Waals surface area contributed by atoms with E-state index < -0.39 is 21.8 Å². The lowest BCUT2D eigenvalue weighted by Crippen LogP contribution is -2.29. The summed E-state index contributed by atoms with van der Waals surface area (Å²) >= 11 is 1.92. The summed E-state index contributed by atoms with van der Waals surface area (Å²) in [4.78, 5) is 27.5. The maximum absolute atomic E-state index is 12.1. The van der Waals surface area contributed by atoms with Crippen molar-refractivity contribution >= 4 is 44.5 Å². The number of aromatic nitrogens is 1. The molecule has 2 aromatic rings. The minimum absolute atomic E-state index is 0.113. The van der Waals surface area contributed by atoms with Gasteiger partial charge in [0, 0.05) is 5.92 Å². The van der Waals surface area contributed by atoms with Crippen molar-refractivity contribution < 1.29 is 18.0 Å². The van der Waals surface area contributed by atoms with Crippen molar-refractivity contribution in [3.63, 3.8) is 0 Å². The molecule has 3 N–H and O–H groups in total. The predicted molar refractivity (Wildman–Crippen MR) is 81.6 cm³/mol. The average Bonchev–Trinajstić information content (AvgIpc) is 2.99. The molecule has 10 heteroatoms. The second-order valence-corrected chi connectivity index (χ2v) is 8.81. The molecule has 0 radical (unpaired) electrons. The summed E-state index contributed by atoms with van der Waals surface area (Å²) in [5.41, 5.74) is 5.08. The van der Waals surface area contributed by atoms with E-state index in [2.05, 4.69) is 4.98 Å². The second kappa shape index (κ2) is 5.45. The van der Waals surface area contributed by atoms with Crippen LogP contribution in [0.2, 0.25) is 0 Å². The first-order valence-corrected chi connectivity index (χ1v) is 9.41. The summed E-state index contributed by atoms with van der Waals surface area (Å²) < 4.78 is 26.1. The molecule has 22 heavy (non-hydrogen) atoms. The molecule has 7 nitrogen and oxygen atoms in total. The molecule has 2 amide bonds. The highest BCUT2D eigenvalue weighted by Gasteiger charge is 2.28. The Morgan fingerprint density at radius 2 is 1.95 bits per heavy atom. The van der Waals surface area contributed by atoms with Gasteiger partial charge in [-0.3, -0.25) is 9.59 Å². The Kier molecular flexibility index (Phi) is 3.75. The van der Waals surface area contributed by atoms with E-state index in [1.54, 1.807) is 0 Å². The first kappa shape index (κ1) is 15.1. The highest BCUT2D eigenvalue weighted by molar-refractivity contribution is 7.92. The number of sulfonamides is 1. The number of nitrogens with zero attached hydrogens (tertiary/aromatic N) is 1. The first-order chi connectivity index (χ1) is 10.4. The number of rotatable bonds is 5. The summed E-state index contributed by atoms with van der Waals surface area (Å²) in [6, 6.07) is 2.55. The van der Waals surface area contributed by atoms with Gasteiger partial charge in [0.25, 0.3) is 21.8 Å². The Hall–Kier alpha value is -1.78. The van der Waals surface area contributed by atoms with Gasteiger partial charge in [-0.2, -0.15) is 0 Å². The summed E-state index contributed by atoms with van der Waals surface area (Å²) in [6.45, 7) is 0. The first-order valence-electron chi connectivity index (χ1n) is 6.29. The van der Waals surface area contributed by atoms with Crippen molar-refractivity contribution in [2.24, 2.45) is 5.73 Å². The highest BCUT2D eigenvalue weighted by atomic mass is 32.2. The van der Waals surface area contributed by atoms with E-state index in [0.717, 1.165) is 17.8 Å². The quantitative estimate of drug-likeness (QED) is 0.836. The zero-order chi connectivity index (χ0) is 15.9. The van der Waals surface area contributed by atoms with Crippen LogP contribution < -0.4 is 10.5 Å². The standard InChI is InChI=1S/C12H11N3O4S3/c13-10(16)7-3-4-9(20-7)22(18,19)15-11(17)8-5-14-12(21-8)6-1-2-6/h3-6H,1-2H2,(H2,13,16)(H,15,17). The molecule has 1 saturated carbocycles. The van der Waals surface area contributed by atoms with Gasteiger partial charge in [0.2, 0.25) is 0 Å². The molecule has 0 aliphatic heterocycles. The number of hydrogen-bond acceptors (Lipinski definition) is 7. The molecular formula is C12H11N3O4S3. The second-order valence-electron chi connectivity index (χ2n) is 4.75. The molecule has 0 unspecified atom stereocenters. The van der Waals surface area contributed by atoms with E-state index in [-0.39, 0.29) is 14.0 Å². The van der Waals surface area contributed by atoms with Gasteiger partial charge in [-0.1, -0.05) is 0 Å². The predicted octanol–water partition coefficient (Wildman–Crippen LogP) is 1.30. The molecule has 1 fully saturated rings. The van der Waals surface area contributed by atoms with Crippen molar-refractivity contribution in [1.82, 2.24) is 9.71 Å². The van der Waals surface area contributed by atoms with Gasteiger partial charge in [0.1, 0.15) is 9.09 Å². The van der Waals surface area contributed by atoms with Crippen LogP contribution in [0.15, 0.2) is 22.5 Å². The molecule has 0 saturated heterocycles. The van der Waals surface area contributed by atoms with Crippen LogP contribution in [0.3, 0.4) is 0 Å². The number of nitrogens with two attached hydrogens (primary N) is 1. The molecule has 1 aliphatic rings. The minimum atomic E-state index is -4.03. The van der Waals surface area contributed by atoms with E-state index in [1.807, 2.05) is 4.72 Å². The zero-order valence-electron chi connectivity index (χ0n) is 11.1. The number of carbonyl (C=O) groups is 2. The van der Waals surface area contributed by atoms with E-state index in [1.165, 1.54) is 29.7 Å².